The summed E-state index contributed by atoms with van der Waals surface area (Å²) in [7, 11) is 0. The number of carbonyl (C=O) groups excluding carboxylic acids is 1. The van der Waals surface area contributed by atoms with Gasteiger partial charge in [-0.3, -0.25) is 4.79 Å². The van der Waals surface area contributed by atoms with Crippen molar-refractivity contribution in [3.05, 3.63) is 35.4 Å². The molecule has 1 aromatic rings. The van der Waals surface area contributed by atoms with E-state index in [2.05, 4.69) is 13.8 Å². The second kappa shape index (κ2) is 6.19. The summed E-state index contributed by atoms with van der Waals surface area (Å²) in [5.41, 5.74) is 6.87. The molecule has 0 unspecified atom stereocenters. The minimum Gasteiger partial charge on any atom is -0.366 e. The van der Waals surface area contributed by atoms with Crippen molar-refractivity contribution >= 4 is 5.91 Å². The predicted molar refractivity (Wildman–Crippen MR) is 60.4 cm³/mol. The number of carbonyl (C=O) groups is 1. The summed E-state index contributed by atoms with van der Waals surface area (Å²) >= 11 is 0. The van der Waals surface area contributed by atoms with Crippen LogP contribution in [0, 0.1) is 0 Å². The molecule has 14 heavy (non-hydrogen) atoms. The largest absolute Gasteiger partial charge is 0.366 e. The molecule has 0 saturated carbocycles. The van der Waals surface area contributed by atoms with E-state index in [-0.39, 0.29) is 5.91 Å². The van der Waals surface area contributed by atoms with E-state index in [1.807, 2.05) is 32.0 Å². The van der Waals surface area contributed by atoms with Crippen molar-refractivity contribution in [3.63, 3.8) is 0 Å². The molecular formula is C12H19NO. The Bertz CT molecular complexity index is 292. The number of nitrogens with two attached hydrogens (primary N) is 1. The van der Waals surface area contributed by atoms with E-state index in [0.717, 1.165) is 5.56 Å². The summed E-state index contributed by atoms with van der Waals surface area (Å²) < 4.78 is 0. The summed E-state index contributed by atoms with van der Waals surface area (Å²) in [4.78, 5) is 10.8. The van der Waals surface area contributed by atoms with Gasteiger partial charge in [-0.15, -0.1) is 0 Å². The zero-order valence-corrected chi connectivity index (χ0v) is 9.37. The van der Waals surface area contributed by atoms with Gasteiger partial charge in [0.05, 0.1) is 0 Å². The van der Waals surface area contributed by atoms with Crippen molar-refractivity contribution < 1.29 is 4.79 Å². The maximum atomic E-state index is 10.8. The number of rotatable bonds is 2. The Morgan fingerprint density at radius 2 is 1.86 bits per heavy atom. The molecule has 0 saturated heterocycles. The third-order valence-electron chi connectivity index (χ3n) is 1.84. The van der Waals surface area contributed by atoms with Crippen LogP contribution < -0.4 is 5.73 Å². The van der Waals surface area contributed by atoms with Crippen molar-refractivity contribution in [1.29, 1.82) is 0 Å². The Morgan fingerprint density at radius 3 is 2.29 bits per heavy atom. The minimum atomic E-state index is -0.363. The Labute approximate surface area is 86.1 Å². The van der Waals surface area contributed by atoms with Crippen molar-refractivity contribution in [2.45, 2.75) is 33.6 Å². The van der Waals surface area contributed by atoms with Crippen LogP contribution in [0.2, 0.25) is 0 Å². The zero-order valence-electron chi connectivity index (χ0n) is 9.37. The van der Waals surface area contributed by atoms with Gasteiger partial charge in [0.15, 0.2) is 0 Å². The van der Waals surface area contributed by atoms with Crippen LogP contribution in [0.25, 0.3) is 0 Å². The van der Waals surface area contributed by atoms with E-state index in [0.29, 0.717) is 11.5 Å². The summed E-state index contributed by atoms with van der Waals surface area (Å²) in [6.45, 7) is 8.17. The molecule has 2 N–H and O–H groups in total. The molecule has 0 aliphatic heterocycles. The molecule has 0 aliphatic carbocycles. The van der Waals surface area contributed by atoms with Gasteiger partial charge in [-0.05, 0) is 23.6 Å². The van der Waals surface area contributed by atoms with Crippen molar-refractivity contribution in [2.24, 2.45) is 5.73 Å². The standard InChI is InChI=1S/C10H13NO.C2H6/c1-7(2)8-4-3-5-9(6-8)10(11)12;1-2/h3-7H,1-2H3,(H2,11,12);1-2H3. The molecule has 0 aromatic heterocycles. The lowest BCUT2D eigenvalue weighted by atomic mass is 10.0. The van der Waals surface area contributed by atoms with Crippen molar-refractivity contribution in [1.82, 2.24) is 0 Å². The monoisotopic (exact) mass is 193 g/mol. The number of amides is 1. The van der Waals surface area contributed by atoms with Crippen LogP contribution in [-0.2, 0) is 0 Å². The molecule has 1 amide bonds. The van der Waals surface area contributed by atoms with Crippen LogP contribution in [0.4, 0.5) is 0 Å². The molecule has 0 bridgehead atoms. The Hall–Kier alpha value is -1.31. The lowest BCUT2D eigenvalue weighted by Gasteiger charge is -2.05. The molecule has 1 aromatic carbocycles. The van der Waals surface area contributed by atoms with E-state index in [1.165, 1.54) is 0 Å². The zero-order chi connectivity index (χ0) is 11.1. The lowest BCUT2D eigenvalue weighted by Crippen LogP contribution is -2.11. The van der Waals surface area contributed by atoms with E-state index in [1.54, 1.807) is 6.07 Å². The normalized spacial score (nSPS) is 9.21. The first kappa shape index (κ1) is 12.7. The van der Waals surface area contributed by atoms with Crippen LogP contribution in [0.15, 0.2) is 24.3 Å². The summed E-state index contributed by atoms with van der Waals surface area (Å²) in [6.07, 6.45) is 0. The van der Waals surface area contributed by atoms with E-state index >= 15 is 0 Å². The molecule has 1 rings (SSSR count). The highest BCUT2D eigenvalue weighted by atomic mass is 16.1. The lowest BCUT2D eigenvalue weighted by molar-refractivity contribution is 0.1000. The van der Waals surface area contributed by atoms with Crippen LogP contribution in [-0.4, -0.2) is 5.91 Å². The van der Waals surface area contributed by atoms with Gasteiger partial charge >= 0.3 is 0 Å². The highest BCUT2D eigenvalue weighted by Gasteiger charge is 2.02. The van der Waals surface area contributed by atoms with Crippen LogP contribution in [0.1, 0.15) is 49.5 Å². The van der Waals surface area contributed by atoms with Gasteiger partial charge in [-0.1, -0.05) is 39.8 Å². The van der Waals surface area contributed by atoms with E-state index < -0.39 is 0 Å². The quantitative estimate of drug-likeness (QED) is 0.771. The maximum Gasteiger partial charge on any atom is 0.248 e. The maximum absolute atomic E-state index is 10.8. The Balaban J connectivity index is 0.000000791. The number of hydrogen-bond donors (Lipinski definition) is 1. The molecule has 2 nitrogen and oxygen atoms in total. The van der Waals surface area contributed by atoms with Gasteiger partial charge in [0.25, 0.3) is 0 Å². The smallest absolute Gasteiger partial charge is 0.248 e. The van der Waals surface area contributed by atoms with Crippen LogP contribution >= 0.6 is 0 Å². The highest BCUT2D eigenvalue weighted by molar-refractivity contribution is 5.92. The van der Waals surface area contributed by atoms with Crippen LogP contribution in [0.5, 0.6) is 0 Å². The average molecular weight is 193 g/mol. The van der Waals surface area contributed by atoms with Gasteiger partial charge in [-0.25, -0.2) is 0 Å². The average Bonchev–Trinajstić information content (AvgIpc) is 2.21. The first-order valence-electron chi connectivity index (χ1n) is 5.01. The second-order valence-electron chi connectivity index (χ2n) is 3.14. The number of benzene rings is 1. The molecule has 0 aliphatic rings. The fourth-order valence-electron chi connectivity index (χ4n) is 1.05. The van der Waals surface area contributed by atoms with Gasteiger partial charge < -0.3 is 5.73 Å². The summed E-state index contributed by atoms with van der Waals surface area (Å²) in [5, 5.41) is 0. The topological polar surface area (TPSA) is 43.1 Å². The first-order valence-corrected chi connectivity index (χ1v) is 5.01. The van der Waals surface area contributed by atoms with Crippen LogP contribution in [0.3, 0.4) is 0 Å². The van der Waals surface area contributed by atoms with Gasteiger partial charge in [0, 0.05) is 5.56 Å². The number of primary amides is 1. The third-order valence-corrected chi connectivity index (χ3v) is 1.84. The predicted octanol–water partition coefficient (Wildman–Crippen LogP) is 2.94. The molecule has 78 valence electrons. The molecule has 0 spiro atoms. The Morgan fingerprint density at radius 1 is 1.29 bits per heavy atom. The molecule has 0 heterocycles. The molecule has 2 heteroatoms. The summed E-state index contributed by atoms with van der Waals surface area (Å²) in [6, 6.07) is 7.42. The summed E-state index contributed by atoms with van der Waals surface area (Å²) in [5.74, 6) is 0.0711. The Kier molecular flexibility index (Phi) is 5.61. The number of hydrogen-bond acceptors (Lipinski definition) is 1. The molecule has 0 atom stereocenters. The second-order valence-corrected chi connectivity index (χ2v) is 3.14. The van der Waals surface area contributed by atoms with Gasteiger partial charge in [-0.2, -0.15) is 0 Å². The fraction of sp³-hybridized carbons (Fsp3) is 0.417. The third kappa shape index (κ3) is 3.60. The fourth-order valence-corrected chi connectivity index (χ4v) is 1.05. The minimum absolute atomic E-state index is 0.363. The van der Waals surface area contributed by atoms with Gasteiger partial charge in [0.1, 0.15) is 0 Å². The van der Waals surface area contributed by atoms with Gasteiger partial charge in [0.2, 0.25) is 5.91 Å². The van der Waals surface area contributed by atoms with E-state index in [4.69, 9.17) is 5.73 Å². The SMILES string of the molecule is CC.CC(C)c1cccc(C(N)=O)c1. The van der Waals surface area contributed by atoms with E-state index in [9.17, 15) is 4.79 Å². The van der Waals surface area contributed by atoms with Crippen molar-refractivity contribution in [2.75, 3.05) is 0 Å². The molecule has 0 radical (unpaired) electrons. The molecular weight excluding hydrogens is 174 g/mol. The first-order chi connectivity index (χ1) is 6.61. The highest BCUT2D eigenvalue weighted by Crippen LogP contribution is 2.14. The van der Waals surface area contributed by atoms with Crippen molar-refractivity contribution in [3.8, 4) is 0 Å². The molecule has 0 fully saturated rings.